The first-order valence-corrected chi connectivity index (χ1v) is 6.10. The lowest BCUT2D eigenvalue weighted by Crippen LogP contribution is -2.37. The van der Waals surface area contributed by atoms with Gasteiger partial charge in [0.1, 0.15) is 0 Å². The molecule has 0 heterocycles. The van der Waals surface area contributed by atoms with Crippen LogP contribution in [0.25, 0.3) is 0 Å². The van der Waals surface area contributed by atoms with E-state index in [9.17, 15) is 9.59 Å². The van der Waals surface area contributed by atoms with Crippen molar-refractivity contribution in [1.82, 2.24) is 0 Å². The average Bonchev–Trinajstić information content (AvgIpc) is 2.64. The molecule has 3 aliphatic carbocycles. The molecular formula is C14H18O2. The molecule has 2 heteroatoms. The Morgan fingerprint density at radius 2 is 1.88 bits per heavy atom. The number of rotatable bonds is 0. The van der Waals surface area contributed by atoms with Gasteiger partial charge in [0.15, 0.2) is 11.6 Å². The maximum Gasteiger partial charge on any atom is 0.163 e. The zero-order valence-corrected chi connectivity index (χ0v) is 10.3. The molecule has 0 aromatic heterocycles. The number of carbonyl (C=O) groups excluding carboxylic acids is 2. The number of hydrogen-bond acceptors (Lipinski definition) is 2. The Kier molecular flexibility index (Phi) is 1.60. The summed E-state index contributed by atoms with van der Waals surface area (Å²) in [4.78, 5) is 23.8. The summed E-state index contributed by atoms with van der Waals surface area (Å²) in [6, 6.07) is 0. The van der Waals surface area contributed by atoms with Crippen molar-refractivity contribution >= 4 is 11.6 Å². The fourth-order valence-corrected chi connectivity index (χ4v) is 4.38. The number of hydrogen-bond donors (Lipinski definition) is 0. The minimum absolute atomic E-state index is 0.0425. The highest BCUT2D eigenvalue weighted by Crippen LogP contribution is 2.76. The van der Waals surface area contributed by atoms with Crippen molar-refractivity contribution < 1.29 is 9.59 Å². The van der Waals surface area contributed by atoms with Gasteiger partial charge in [0.05, 0.1) is 0 Å². The summed E-state index contributed by atoms with van der Waals surface area (Å²) in [5.41, 5.74) is 0.933. The van der Waals surface area contributed by atoms with Gasteiger partial charge >= 0.3 is 0 Å². The summed E-state index contributed by atoms with van der Waals surface area (Å²) in [6.07, 6.45) is 2.23. The Hall–Kier alpha value is -0.920. The van der Waals surface area contributed by atoms with E-state index in [4.69, 9.17) is 0 Å². The van der Waals surface area contributed by atoms with E-state index in [-0.39, 0.29) is 28.3 Å². The first-order chi connectivity index (χ1) is 7.31. The van der Waals surface area contributed by atoms with Gasteiger partial charge in [-0.3, -0.25) is 9.59 Å². The van der Waals surface area contributed by atoms with E-state index in [0.29, 0.717) is 18.3 Å². The predicted molar refractivity (Wildman–Crippen MR) is 60.7 cm³/mol. The molecule has 0 spiro atoms. The van der Waals surface area contributed by atoms with E-state index in [0.717, 1.165) is 5.57 Å². The third-order valence-electron chi connectivity index (χ3n) is 5.44. The van der Waals surface area contributed by atoms with Crippen molar-refractivity contribution in [3.63, 3.8) is 0 Å². The summed E-state index contributed by atoms with van der Waals surface area (Å²) in [6.45, 7) is 8.68. The maximum atomic E-state index is 12.3. The van der Waals surface area contributed by atoms with Crippen molar-refractivity contribution in [2.24, 2.45) is 28.6 Å². The van der Waals surface area contributed by atoms with Crippen LogP contribution in [0.4, 0.5) is 0 Å². The number of Topliss-reactive ketones (excluding diaryl/α,β-unsaturated/α-hetero) is 1. The molecule has 0 unspecified atom stereocenters. The van der Waals surface area contributed by atoms with E-state index in [2.05, 4.69) is 27.7 Å². The van der Waals surface area contributed by atoms with Crippen LogP contribution in [0.2, 0.25) is 0 Å². The van der Waals surface area contributed by atoms with Crippen molar-refractivity contribution in [2.45, 2.75) is 34.1 Å². The van der Waals surface area contributed by atoms with E-state index in [1.54, 1.807) is 6.08 Å². The minimum atomic E-state index is -0.0425. The quantitative estimate of drug-likeness (QED) is 0.625. The van der Waals surface area contributed by atoms with Crippen molar-refractivity contribution in [3.05, 3.63) is 11.6 Å². The summed E-state index contributed by atoms with van der Waals surface area (Å²) in [5, 5.41) is 0. The fraction of sp³-hybridized carbons (Fsp3) is 0.714. The molecule has 0 aliphatic heterocycles. The second-order valence-electron chi connectivity index (χ2n) is 6.55. The Bertz CT molecular complexity index is 444. The molecule has 86 valence electrons. The van der Waals surface area contributed by atoms with Gasteiger partial charge in [-0.2, -0.15) is 0 Å². The molecule has 0 N–H and O–H groups in total. The molecule has 2 saturated carbocycles. The van der Waals surface area contributed by atoms with Crippen LogP contribution in [-0.2, 0) is 9.59 Å². The lowest BCUT2D eigenvalue weighted by molar-refractivity contribution is -0.120. The van der Waals surface area contributed by atoms with Gasteiger partial charge in [0.25, 0.3) is 0 Å². The number of allylic oxidation sites excluding steroid dienone is 2. The molecule has 2 nitrogen and oxygen atoms in total. The van der Waals surface area contributed by atoms with Crippen LogP contribution in [0, 0.1) is 28.6 Å². The third-order valence-corrected chi connectivity index (χ3v) is 5.44. The molecule has 0 bridgehead atoms. The topological polar surface area (TPSA) is 34.1 Å². The standard InChI is InChI=1S/C14H18O2/c1-7-5-8(15)6-9-11(16)10-12(13(10,2)3)14(7,9)4/h6-7,10,12H,5H2,1-4H3/t7-,10-,12+,14+/m1/s1. The third kappa shape index (κ3) is 0.861. The fourth-order valence-electron chi connectivity index (χ4n) is 4.38. The minimum Gasteiger partial charge on any atom is -0.295 e. The molecule has 16 heavy (non-hydrogen) atoms. The molecule has 2 fully saturated rings. The smallest absolute Gasteiger partial charge is 0.163 e. The Morgan fingerprint density at radius 3 is 2.50 bits per heavy atom. The van der Waals surface area contributed by atoms with Crippen LogP contribution in [-0.4, -0.2) is 11.6 Å². The highest BCUT2D eigenvalue weighted by molar-refractivity contribution is 6.10. The van der Waals surface area contributed by atoms with Gasteiger partial charge in [-0.15, -0.1) is 0 Å². The van der Waals surface area contributed by atoms with E-state index in [1.165, 1.54) is 0 Å². The molecule has 0 radical (unpaired) electrons. The normalized spacial score (nSPS) is 48.5. The van der Waals surface area contributed by atoms with Crippen molar-refractivity contribution in [1.29, 1.82) is 0 Å². The van der Waals surface area contributed by atoms with Crippen LogP contribution < -0.4 is 0 Å². The molecular weight excluding hydrogens is 200 g/mol. The SMILES string of the molecule is C[C@@H]1CC(=O)C=C2C(=O)[C@@H]3[C@@H](C3(C)C)[C@]21C. The zero-order chi connectivity index (χ0) is 11.9. The van der Waals surface area contributed by atoms with Crippen molar-refractivity contribution in [3.8, 4) is 0 Å². The first-order valence-electron chi connectivity index (χ1n) is 6.10. The van der Waals surface area contributed by atoms with Gasteiger partial charge in [0.2, 0.25) is 0 Å². The van der Waals surface area contributed by atoms with Gasteiger partial charge in [-0.25, -0.2) is 0 Å². The van der Waals surface area contributed by atoms with Gasteiger partial charge in [-0.1, -0.05) is 27.7 Å². The molecule has 3 aliphatic rings. The Labute approximate surface area is 96.1 Å². The largest absolute Gasteiger partial charge is 0.295 e. The van der Waals surface area contributed by atoms with Gasteiger partial charge in [-0.05, 0) is 23.3 Å². The van der Waals surface area contributed by atoms with Crippen LogP contribution in [0.3, 0.4) is 0 Å². The molecule has 0 aromatic rings. The Balaban J connectivity index is 2.16. The van der Waals surface area contributed by atoms with Crippen LogP contribution in [0.1, 0.15) is 34.1 Å². The average molecular weight is 218 g/mol. The monoisotopic (exact) mass is 218 g/mol. The molecule has 4 atom stereocenters. The lowest BCUT2D eigenvalue weighted by atomic mass is 9.63. The predicted octanol–water partition coefficient (Wildman–Crippen LogP) is 2.38. The number of fused-ring (bicyclic) bond motifs is 3. The van der Waals surface area contributed by atoms with E-state index >= 15 is 0 Å². The number of ketones is 2. The highest BCUT2D eigenvalue weighted by Gasteiger charge is 2.76. The summed E-state index contributed by atoms with van der Waals surface area (Å²) < 4.78 is 0. The van der Waals surface area contributed by atoms with Crippen LogP contribution in [0.5, 0.6) is 0 Å². The Morgan fingerprint density at radius 1 is 1.25 bits per heavy atom. The van der Waals surface area contributed by atoms with Gasteiger partial charge < -0.3 is 0 Å². The molecule has 3 rings (SSSR count). The first kappa shape index (κ1) is 10.2. The highest BCUT2D eigenvalue weighted by atomic mass is 16.1. The molecule has 0 aromatic carbocycles. The molecule has 0 amide bonds. The zero-order valence-electron chi connectivity index (χ0n) is 10.3. The lowest BCUT2D eigenvalue weighted by Gasteiger charge is -2.39. The maximum absolute atomic E-state index is 12.3. The van der Waals surface area contributed by atoms with Gasteiger partial charge in [0, 0.05) is 23.3 Å². The van der Waals surface area contributed by atoms with Crippen LogP contribution in [0.15, 0.2) is 11.6 Å². The van der Waals surface area contributed by atoms with Crippen molar-refractivity contribution in [2.75, 3.05) is 0 Å². The summed E-state index contributed by atoms with van der Waals surface area (Å²) in [5.74, 6) is 1.32. The van der Waals surface area contributed by atoms with E-state index < -0.39 is 0 Å². The number of carbonyl (C=O) groups is 2. The molecule has 0 saturated heterocycles. The van der Waals surface area contributed by atoms with E-state index in [1.807, 2.05) is 0 Å². The summed E-state index contributed by atoms with van der Waals surface area (Å²) in [7, 11) is 0. The second-order valence-corrected chi connectivity index (χ2v) is 6.55. The second kappa shape index (κ2) is 2.49. The van der Waals surface area contributed by atoms with Crippen LogP contribution >= 0.6 is 0 Å². The summed E-state index contributed by atoms with van der Waals surface area (Å²) >= 11 is 0.